The molecule has 0 aliphatic rings. The topological polar surface area (TPSA) is 29.3 Å². The summed E-state index contributed by atoms with van der Waals surface area (Å²) in [7, 11) is 0. The van der Waals surface area contributed by atoms with Crippen molar-refractivity contribution in [2.45, 2.75) is 0 Å². The molecule has 0 aliphatic carbocycles. The maximum absolute atomic E-state index is 12.7. The molecular formula is C12H8Cl2F4N2. The second-order valence-electron chi connectivity index (χ2n) is 3.49. The van der Waals surface area contributed by atoms with Crippen LogP contribution < -0.4 is 9.67 Å². The van der Waals surface area contributed by atoms with Gasteiger partial charge in [0.15, 0.2) is 5.82 Å². The third-order valence-corrected chi connectivity index (χ3v) is 2.42. The second kappa shape index (κ2) is 7.21. The average Bonchev–Trinajstić information content (AvgIpc) is 2.34. The Hall–Kier alpha value is -1.66. The molecule has 2 nitrogen and oxygen atoms in total. The van der Waals surface area contributed by atoms with Gasteiger partial charge in [-0.2, -0.15) is 3.94 Å². The van der Waals surface area contributed by atoms with Crippen molar-refractivity contribution in [3.05, 3.63) is 59.7 Å². The molecule has 0 spiro atoms. The van der Waals surface area contributed by atoms with Crippen LogP contribution in [0.4, 0.5) is 28.9 Å². The molecule has 0 bridgehead atoms. The smallest absolute Gasteiger partial charge is 0.152 e. The first-order valence-electron chi connectivity index (χ1n) is 5.08. The van der Waals surface area contributed by atoms with Gasteiger partial charge in [0.25, 0.3) is 0 Å². The number of nitrogen functional groups attached to an aromatic ring is 1. The minimum atomic E-state index is -0.796. The van der Waals surface area contributed by atoms with Gasteiger partial charge in [0, 0.05) is 35.7 Å². The summed E-state index contributed by atoms with van der Waals surface area (Å²) in [6, 6.07) is 5.95. The Balaban J connectivity index is 0.000000204. The van der Waals surface area contributed by atoms with Crippen LogP contribution in [-0.4, -0.2) is 0 Å². The highest BCUT2D eigenvalue weighted by Crippen LogP contribution is 2.23. The number of halogens is 6. The summed E-state index contributed by atoms with van der Waals surface area (Å²) in [6.45, 7) is 0. The van der Waals surface area contributed by atoms with Crippen LogP contribution in [-0.2, 0) is 0 Å². The lowest BCUT2D eigenvalue weighted by Crippen LogP contribution is -1.95. The van der Waals surface area contributed by atoms with Gasteiger partial charge < -0.3 is 5.73 Å². The lowest BCUT2D eigenvalue weighted by atomic mass is 10.3. The number of rotatable bonds is 1. The van der Waals surface area contributed by atoms with E-state index < -0.39 is 23.3 Å². The van der Waals surface area contributed by atoms with Gasteiger partial charge in [0.1, 0.15) is 23.1 Å². The van der Waals surface area contributed by atoms with Gasteiger partial charge in [-0.05, 0) is 24.3 Å². The fourth-order valence-electron chi connectivity index (χ4n) is 1.12. The lowest BCUT2D eigenvalue weighted by molar-refractivity contribution is 0.585. The zero-order valence-corrected chi connectivity index (χ0v) is 11.3. The maximum atomic E-state index is 12.7. The van der Waals surface area contributed by atoms with E-state index in [1.165, 1.54) is 6.07 Å². The molecule has 20 heavy (non-hydrogen) atoms. The van der Waals surface area contributed by atoms with Crippen molar-refractivity contribution in [2.24, 2.45) is 0 Å². The molecule has 0 fully saturated rings. The minimum Gasteiger partial charge on any atom is -0.396 e. The monoisotopic (exact) mass is 326 g/mol. The molecule has 0 amide bonds. The van der Waals surface area contributed by atoms with Gasteiger partial charge in [-0.25, -0.2) is 17.6 Å². The van der Waals surface area contributed by atoms with Crippen LogP contribution in [0, 0.1) is 23.3 Å². The number of hydrogen-bond donors (Lipinski definition) is 1. The van der Waals surface area contributed by atoms with E-state index in [2.05, 4.69) is 0 Å². The minimum absolute atomic E-state index is 0.0311. The summed E-state index contributed by atoms with van der Waals surface area (Å²) in [5.41, 5.74) is 4.94. The molecule has 2 aromatic carbocycles. The van der Waals surface area contributed by atoms with Crippen molar-refractivity contribution < 1.29 is 17.6 Å². The van der Waals surface area contributed by atoms with Crippen LogP contribution in [0.5, 0.6) is 0 Å². The van der Waals surface area contributed by atoms with Crippen LogP contribution in [0.15, 0.2) is 36.4 Å². The van der Waals surface area contributed by atoms with Gasteiger partial charge in [0.2, 0.25) is 0 Å². The normalized spacial score (nSPS) is 9.70. The molecule has 0 aromatic heterocycles. The lowest BCUT2D eigenvalue weighted by Gasteiger charge is -2.05. The summed E-state index contributed by atoms with van der Waals surface area (Å²) < 4.78 is 49.7. The molecule has 108 valence electrons. The highest BCUT2D eigenvalue weighted by Gasteiger charge is 2.07. The quantitative estimate of drug-likeness (QED) is 0.470. The Bertz CT molecular complexity index is 594. The second-order valence-corrected chi connectivity index (χ2v) is 4.34. The highest BCUT2D eigenvalue weighted by atomic mass is 35.5. The summed E-state index contributed by atoms with van der Waals surface area (Å²) in [5, 5.41) is 0. The largest absolute Gasteiger partial charge is 0.396 e. The zero-order valence-electron chi connectivity index (χ0n) is 9.76. The zero-order chi connectivity index (χ0) is 15.3. The standard InChI is InChI=1S/C6H3Cl2F2N.C6H5F2N/c7-11(8)6-2-1-4(9)3-5(6)10;7-4-1-2-6(9)5(8)3-4/h1-3H;1-3H,9H2. The number of anilines is 2. The van der Waals surface area contributed by atoms with Crippen LogP contribution in [0.1, 0.15) is 0 Å². The molecule has 2 aromatic rings. The molecule has 0 unspecified atom stereocenters. The van der Waals surface area contributed by atoms with E-state index in [0.29, 0.717) is 10.0 Å². The van der Waals surface area contributed by atoms with Crippen LogP contribution in [0.25, 0.3) is 0 Å². The maximum Gasteiger partial charge on any atom is 0.152 e. The Kier molecular flexibility index (Phi) is 5.91. The first-order valence-corrected chi connectivity index (χ1v) is 5.76. The van der Waals surface area contributed by atoms with E-state index >= 15 is 0 Å². The molecule has 0 aliphatic heterocycles. The molecule has 8 heteroatoms. The summed E-state index contributed by atoms with van der Waals surface area (Å²) in [4.78, 5) is 0. The predicted molar refractivity (Wildman–Crippen MR) is 71.3 cm³/mol. The van der Waals surface area contributed by atoms with Crippen molar-refractivity contribution in [3.8, 4) is 0 Å². The average molecular weight is 327 g/mol. The van der Waals surface area contributed by atoms with E-state index in [4.69, 9.17) is 29.3 Å². The summed E-state index contributed by atoms with van der Waals surface area (Å²) in [5.74, 6) is -2.78. The molecular weight excluding hydrogens is 319 g/mol. The molecule has 0 saturated heterocycles. The molecule has 0 saturated carbocycles. The summed E-state index contributed by atoms with van der Waals surface area (Å²) in [6.07, 6.45) is 0. The van der Waals surface area contributed by atoms with Crippen LogP contribution >= 0.6 is 23.6 Å². The van der Waals surface area contributed by atoms with Crippen molar-refractivity contribution in [3.63, 3.8) is 0 Å². The van der Waals surface area contributed by atoms with Crippen LogP contribution in [0.3, 0.4) is 0 Å². The molecule has 0 atom stereocenters. The Morgan fingerprint density at radius 2 is 1.30 bits per heavy atom. The number of nitrogens with zero attached hydrogens (tertiary/aromatic N) is 1. The third-order valence-electron chi connectivity index (χ3n) is 2.05. The number of benzene rings is 2. The van der Waals surface area contributed by atoms with Gasteiger partial charge >= 0.3 is 0 Å². The predicted octanol–water partition coefficient (Wildman–Crippen LogP) is 4.63. The Morgan fingerprint density at radius 3 is 1.70 bits per heavy atom. The Labute approximate surface area is 122 Å². The van der Waals surface area contributed by atoms with E-state index in [1.807, 2.05) is 0 Å². The number of hydrogen-bond acceptors (Lipinski definition) is 2. The first kappa shape index (κ1) is 16.4. The van der Waals surface area contributed by atoms with E-state index in [1.54, 1.807) is 0 Å². The van der Waals surface area contributed by atoms with Crippen molar-refractivity contribution in [2.75, 3.05) is 9.67 Å². The molecule has 0 radical (unpaired) electrons. The van der Waals surface area contributed by atoms with Gasteiger partial charge in [-0.3, -0.25) is 0 Å². The van der Waals surface area contributed by atoms with E-state index in [-0.39, 0.29) is 11.4 Å². The van der Waals surface area contributed by atoms with Crippen molar-refractivity contribution in [1.29, 1.82) is 0 Å². The fraction of sp³-hybridized carbons (Fsp3) is 0. The molecule has 2 N–H and O–H groups in total. The molecule has 2 rings (SSSR count). The van der Waals surface area contributed by atoms with Crippen molar-refractivity contribution in [1.82, 2.24) is 0 Å². The Morgan fingerprint density at radius 1 is 0.800 bits per heavy atom. The van der Waals surface area contributed by atoms with Gasteiger partial charge in [-0.15, -0.1) is 0 Å². The number of nitrogens with two attached hydrogens (primary N) is 1. The fourth-order valence-corrected chi connectivity index (χ4v) is 1.39. The van der Waals surface area contributed by atoms with E-state index in [0.717, 1.165) is 24.3 Å². The van der Waals surface area contributed by atoms with E-state index in [9.17, 15) is 17.6 Å². The highest BCUT2D eigenvalue weighted by molar-refractivity contribution is 6.49. The van der Waals surface area contributed by atoms with Crippen LogP contribution in [0.2, 0.25) is 0 Å². The van der Waals surface area contributed by atoms with Crippen molar-refractivity contribution >= 4 is 34.9 Å². The third kappa shape index (κ3) is 4.79. The van der Waals surface area contributed by atoms with Gasteiger partial charge in [0.05, 0.1) is 5.69 Å². The summed E-state index contributed by atoms with van der Waals surface area (Å²) >= 11 is 10.4. The molecule has 0 heterocycles. The van der Waals surface area contributed by atoms with Gasteiger partial charge in [-0.1, -0.05) is 0 Å². The first-order chi connectivity index (χ1) is 9.31. The SMILES string of the molecule is Fc1ccc(N(Cl)Cl)c(F)c1.Nc1ccc(F)cc1F.